The molecule has 0 bridgehead atoms. The highest BCUT2D eigenvalue weighted by Gasteiger charge is 2.19. The van der Waals surface area contributed by atoms with E-state index in [1.807, 2.05) is 66.9 Å². The van der Waals surface area contributed by atoms with Crippen LogP contribution in [0.1, 0.15) is 29.6 Å². The van der Waals surface area contributed by atoms with Gasteiger partial charge in [-0.25, -0.2) is 0 Å². The predicted molar refractivity (Wildman–Crippen MR) is 116 cm³/mol. The Morgan fingerprint density at radius 2 is 1.87 bits per heavy atom. The quantitative estimate of drug-likeness (QED) is 0.369. The molecule has 0 unspecified atom stereocenters. The van der Waals surface area contributed by atoms with E-state index in [0.717, 1.165) is 17.0 Å². The summed E-state index contributed by atoms with van der Waals surface area (Å²) in [5.74, 6) is 2.12. The Balaban J connectivity index is 1.50. The van der Waals surface area contributed by atoms with Gasteiger partial charge < -0.3 is 14.1 Å². The van der Waals surface area contributed by atoms with Crippen LogP contribution >= 0.6 is 11.3 Å². The lowest BCUT2D eigenvalue weighted by atomic mass is 10.2. The standard InChI is InChI=1S/C23H21N3O3S/c1-2-13-26(16-21-24-25-22(29-21)20-12-7-14-30-20)23(27)17-8-6-11-19(15-17)28-18-9-4-3-5-10-18/h3-12,14-15H,2,13,16H2,1H3. The number of hydrogen-bond donors (Lipinski definition) is 0. The van der Waals surface area contributed by atoms with Crippen LogP contribution in [0.25, 0.3) is 10.8 Å². The van der Waals surface area contributed by atoms with Crippen LogP contribution in [-0.2, 0) is 6.54 Å². The summed E-state index contributed by atoms with van der Waals surface area (Å²) in [6.07, 6.45) is 0.817. The Hall–Kier alpha value is -3.45. The van der Waals surface area contributed by atoms with Crippen molar-refractivity contribution in [1.82, 2.24) is 15.1 Å². The van der Waals surface area contributed by atoms with Crippen LogP contribution in [0.4, 0.5) is 0 Å². The van der Waals surface area contributed by atoms with Gasteiger partial charge in [0.1, 0.15) is 11.5 Å². The van der Waals surface area contributed by atoms with Crippen molar-refractivity contribution in [2.24, 2.45) is 0 Å². The maximum absolute atomic E-state index is 13.2. The average molecular weight is 420 g/mol. The first kappa shape index (κ1) is 19.8. The van der Waals surface area contributed by atoms with Crippen LogP contribution in [0, 0.1) is 0 Å². The number of benzene rings is 2. The molecule has 0 aliphatic heterocycles. The van der Waals surface area contributed by atoms with Gasteiger partial charge >= 0.3 is 0 Å². The summed E-state index contributed by atoms with van der Waals surface area (Å²) in [6.45, 7) is 2.87. The normalized spacial score (nSPS) is 10.7. The zero-order chi connectivity index (χ0) is 20.8. The molecule has 7 heteroatoms. The zero-order valence-electron chi connectivity index (χ0n) is 16.5. The number of rotatable bonds is 8. The van der Waals surface area contributed by atoms with Gasteiger partial charge in [0.05, 0.1) is 11.4 Å². The van der Waals surface area contributed by atoms with E-state index in [1.54, 1.807) is 17.0 Å². The number of thiophene rings is 1. The fourth-order valence-electron chi connectivity index (χ4n) is 3.00. The highest BCUT2D eigenvalue weighted by atomic mass is 32.1. The van der Waals surface area contributed by atoms with Gasteiger partial charge in [-0.05, 0) is 48.2 Å². The third-order valence-electron chi connectivity index (χ3n) is 4.37. The minimum atomic E-state index is -0.105. The lowest BCUT2D eigenvalue weighted by Crippen LogP contribution is -2.31. The Labute approximate surface area is 178 Å². The number of carbonyl (C=O) groups excluding carboxylic acids is 1. The summed E-state index contributed by atoms with van der Waals surface area (Å²) in [7, 11) is 0. The van der Waals surface area contributed by atoms with Crippen molar-refractivity contribution in [2.75, 3.05) is 6.54 Å². The molecule has 0 fully saturated rings. The van der Waals surface area contributed by atoms with E-state index in [4.69, 9.17) is 9.15 Å². The molecule has 0 aliphatic carbocycles. The first-order valence-corrected chi connectivity index (χ1v) is 10.6. The van der Waals surface area contributed by atoms with Crippen LogP contribution in [0.2, 0.25) is 0 Å². The Bertz CT molecular complexity index is 1090. The molecule has 1 amide bonds. The summed E-state index contributed by atoms with van der Waals surface area (Å²) in [6, 6.07) is 20.5. The number of hydrogen-bond acceptors (Lipinski definition) is 6. The molecule has 0 saturated heterocycles. The summed E-state index contributed by atoms with van der Waals surface area (Å²) in [4.78, 5) is 15.8. The van der Waals surface area contributed by atoms with Crippen molar-refractivity contribution in [1.29, 1.82) is 0 Å². The van der Waals surface area contributed by atoms with Crippen molar-refractivity contribution in [2.45, 2.75) is 19.9 Å². The van der Waals surface area contributed by atoms with Crippen molar-refractivity contribution in [3.05, 3.63) is 83.6 Å². The monoisotopic (exact) mass is 419 g/mol. The molecule has 0 N–H and O–H groups in total. The summed E-state index contributed by atoms with van der Waals surface area (Å²) in [5, 5.41) is 10.2. The molecule has 2 aromatic heterocycles. The number of nitrogens with zero attached hydrogens (tertiary/aromatic N) is 3. The highest BCUT2D eigenvalue weighted by molar-refractivity contribution is 7.13. The topological polar surface area (TPSA) is 68.5 Å². The van der Waals surface area contributed by atoms with Gasteiger partial charge in [-0.3, -0.25) is 4.79 Å². The summed E-state index contributed by atoms with van der Waals surface area (Å²) in [5.41, 5.74) is 0.551. The second-order valence-corrected chi connectivity index (χ2v) is 7.60. The van der Waals surface area contributed by atoms with E-state index in [2.05, 4.69) is 10.2 Å². The van der Waals surface area contributed by atoms with Gasteiger partial charge in [-0.2, -0.15) is 0 Å². The summed E-state index contributed by atoms with van der Waals surface area (Å²) < 4.78 is 11.6. The Kier molecular flexibility index (Phi) is 6.20. The largest absolute Gasteiger partial charge is 0.457 e. The zero-order valence-corrected chi connectivity index (χ0v) is 17.3. The fraction of sp³-hybridized carbons (Fsp3) is 0.174. The molecule has 0 atom stereocenters. The van der Waals surface area contributed by atoms with E-state index < -0.39 is 0 Å². The maximum atomic E-state index is 13.2. The van der Waals surface area contributed by atoms with Crippen molar-refractivity contribution < 1.29 is 13.9 Å². The first-order valence-electron chi connectivity index (χ1n) is 9.71. The Morgan fingerprint density at radius 1 is 1.03 bits per heavy atom. The van der Waals surface area contributed by atoms with Gasteiger partial charge in [-0.15, -0.1) is 21.5 Å². The van der Waals surface area contributed by atoms with E-state index in [-0.39, 0.29) is 12.5 Å². The third kappa shape index (κ3) is 4.75. The number of ether oxygens (including phenoxy) is 1. The second-order valence-electron chi connectivity index (χ2n) is 6.65. The van der Waals surface area contributed by atoms with Crippen molar-refractivity contribution in [3.8, 4) is 22.3 Å². The van der Waals surface area contributed by atoms with Crippen molar-refractivity contribution in [3.63, 3.8) is 0 Å². The van der Waals surface area contributed by atoms with E-state index in [0.29, 0.717) is 29.6 Å². The minimum Gasteiger partial charge on any atom is -0.457 e. The van der Waals surface area contributed by atoms with E-state index in [1.165, 1.54) is 11.3 Å². The van der Waals surface area contributed by atoms with Crippen LogP contribution < -0.4 is 4.74 Å². The third-order valence-corrected chi connectivity index (χ3v) is 5.22. The summed E-state index contributed by atoms with van der Waals surface area (Å²) >= 11 is 1.53. The van der Waals surface area contributed by atoms with Gasteiger partial charge in [0.2, 0.25) is 5.89 Å². The smallest absolute Gasteiger partial charge is 0.257 e. The lowest BCUT2D eigenvalue weighted by Gasteiger charge is -2.20. The molecule has 2 heterocycles. The van der Waals surface area contributed by atoms with Crippen LogP contribution in [0.15, 0.2) is 76.5 Å². The van der Waals surface area contributed by atoms with Crippen LogP contribution in [0.3, 0.4) is 0 Å². The van der Waals surface area contributed by atoms with Gasteiger partial charge in [0.25, 0.3) is 11.8 Å². The molecule has 30 heavy (non-hydrogen) atoms. The highest BCUT2D eigenvalue weighted by Crippen LogP contribution is 2.25. The second kappa shape index (κ2) is 9.37. The van der Waals surface area contributed by atoms with Gasteiger partial charge in [0.15, 0.2) is 0 Å². The molecule has 0 radical (unpaired) electrons. The predicted octanol–water partition coefficient (Wildman–Crippen LogP) is 5.64. The molecule has 2 aromatic carbocycles. The van der Waals surface area contributed by atoms with Crippen LogP contribution in [-0.4, -0.2) is 27.5 Å². The molecule has 152 valence electrons. The SMILES string of the molecule is CCCN(Cc1nnc(-c2cccs2)o1)C(=O)c1cccc(Oc2ccccc2)c1. The number of aromatic nitrogens is 2. The molecule has 0 aliphatic rings. The van der Waals surface area contributed by atoms with E-state index >= 15 is 0 Å². The fourth-order valence-corrected chi connectivity index (χ4v) is 3.65. The molecule has 4 rings (SSSR count). The minimum absolute atomic E-state index is 0.105. The first-order chi connectivity index (χ1) is 14.7. The van der Waals surface area contributed by atoms with Crippen molar-refractivity contribution >= 4 is 17.2 Å². The Morgan fingerprint density at radius 3 is 2.63 bits per heavy atom. The average Bonchev–Trinajstić information content (AvgIpc) is 3.46. The number of amides is 1. The van der Waals surface area contributed by atoms with Gasteiger partial charge in [0, 0.05) is 12.1 Å². The number of carbonyl (C=O) groups is 1. The number of para-hydroxylation sites is 1. The molecule has 6 nitrogen and oxygen atoms in total. The molecule has 0 spiro atoms. The molecule has 4 aromatic rings. The lowest BCUT2D eigenvalue weighted by molar-refractivity contribution is 0.0728. The van der Waals surface area contributed by atoms with Gasteiger partial charge in [-0.1, -0.05) is 37.3 Å². The van der Waals surface area contributed by atoms with E-state index in [9.17, 15) is 4.79 Å². The maximum Gasteiger partial charge on any atom is 0.257 e. The molecular formula is C23H21N3O3S. The van der Waals surface area contributed by atoms with Crippen LogP contribution in [0.5, 0.6) is 11.5 Å². The molecule has 0 saturated carbocycles. The molecular weight excluding hydrogens is 398 g/mol.